The minimum absolute atomic E-state index is 0.0875. The summed E-state index contributed by atoms with van der Waals surface area (Å²) in [5.41, 5.74) is 3.79. The van der Waals surface area contributed by atoms with Crippen LogP contribution in [0.3, 0.4) is 0 Å². The van der Waals surface area contributed by atoms with E-state index in [-0.39, 0.29) is 11.6 Å². The Morgan fingerprint density at radius 2 is 2.14 bits per heavy atom. The van der Waals surface area contributed by atoms with Crippen LogP contribution < -0.4 is 11.3 Å². The first-order valence-electron chi connectivity index (χ1n) is 7.58. The number of hydrazine groups is 1. The highest BCUT2D eigenvalue weighted by molar-refractivity contribution is 6.31. The molecule has 0 saturated carbocycles. The van der Waals surface area contributed by atoms with Gasteiger partial charge in [-0.2, -0.15) is 5.10 Å². The molecule has 6 nitrogen and oxygen atoms in total. The zero-order chi connectivity index (χ0) is 15.5. The van der Waals surface area contributed by atoms with Gasteiger partial charge < -0.3 is 4.74 Å². The Labute approximate surface area is 131 Å². The molecule has 0 bridgehead atoms. The van der Waals surface area contributed by atoms with Gasteiger partial charge in [-0.05, 0) is 20.3 Å². The summed E-state index contributed by atoms with van der Waals surface area (Å²) in [5, 5.41) is 5.00. The predicted octanol–water partition coefficient (Wildman–Crippen LogP) is 1.56. The molecular weight excluding hydrogens is 290 g/mol. The van der Waals surface area contributed by atoms with Gasteiger partial charge in [-0.15, -0.1) is 0 Å². The number of hydrogen-bond donors (Lipinski definition) is 2. The molecule has 1 aromatic rings. The SMILES string of the molecule is CCn1ncc(Cl)c1C(NN)C(C)(CC)N1CCOCC1. The van der Waals surface area contributed by atoms with E-state index in [4.69, 9.17) is 22.2 Å². The largest absolute Gasteiger partial charge is 0.379 e. The van der Waals surface area contributed by atoms with E-state index in [0.717, 1.165) is 45.0 Å². The summed E-state index contributed by atoms with van der Waals surface area (Å²) in [6.45, 7) is 10.6. The van der Waals surface area contributed by atoms with Crippen molar-refractivity contribution in [2.24, 2.45) is 5.84 Å². The van der Waals surface area contributed by atoms with E-state index in [2.05, 4.69) is 36.2 Å². The van der Waals surface area contributed by atoms with Gasteiger partial charge in [-0.3, -0.25) is 15.4 Å². The molecule has 120 valence electrons. The Hall–Kier alpha value is -0.660. The highest BCUT2D eigenvalue weighted by Gasteiger charge is 2.41. The smallest absolute Gasteiger partial charge is 0.0835 e. The van der Waals surface area contributed by atoms with Crippen LogP contribution in [0.2, 0.25) is 5.02 Å². The van der Waals surface area contributed by atoms with Crippen molar-refractivity contribution in [2.75, 3.05) is 26.3 Å². The summed E-state index contributed by atoms with van der Waals surface area (Å²) in [5.74, 6) is 5.92. The van der Waals surface area contributed by atoms with Crippen molar-refractivity contribution in [3.8, 4) is 0 Å². The highest BCUT2D eigenvalue weighted by atomic mass is 35.5. The summed E-state index contributed by atoms with van der Waals surface area (Å²) in [6, 6.07) is -0.0875. The summed E-state index contributed by atoms with van der Waals surface area (Å²) >= 11 is 6.38. The Balaban J connectivity index is 2.38. The van der Waals surface area contributed by atoms with Crippen LogP contribution in [-0.4, -0.2) is 46.5 Å². The Morgan fingerprint density at radius 3 is 2.67 bits per heavy atom. The fourth-order valence-electron chi connectivity index (χ4n) is 3.15. The lowest BCUT2D eigenvalue weighted by molar-refractivity contribution is -0.0340. The van der Waals surface area contributed by atoms with Gasteiger partial charge in [-0.25, -0.2) is 5.43 Å². The summed E-state index contributed by atoms with van der Waals surface area (Å²) in [6.07, 6.45) is 2.65. The number of nitrogens with one attached hydrogen (secondary N) is 1. The van der Waals surface area contributed by atoms with Gasteiger partial charge in [-0.1, -0.05) is 18.5 Å². The van der Waals surface area contributed by atoms with Crippen LogP contribution in [0, 0.1) is 0 Å². The Kier molecular flexibility index (Phi) is 5.62. The number of rotatable bonds is 6. The molecule has 1 aromatic heterocycles. The van der Waals surface area contributed by atoms with Gasteiger partial charge in [0.15, 0.2) is 0 Å². The van der Waals surface area contributed by atoms with E-state index in [0.29, 0.717) is 5.02 Å². The van der Waals surface area contributed by atoms with Crippen molar-refractivity contribution < 1.29 is 4.74 Å². The first-order valence-corrected chi connectivity index (χ1v) is 7.96. The topological polar surface area (TPSA) is 68.3 Å². The van der Waals surface area contributed by atoms with E-state index >= 15 is 0 Å². The maximum absolute atomic E-state index is 6.38. The van der Waals surface area contributed by atoms with Crippen LogP contribution in [0.1, 0.15) is 38.9 Å². The van der Waals surface area contributed by atoms with Crippen LogP contribution >= 0.6 is 11.6 Å². The molecule has 2 heterocycles. The standard InChI is InChI=1S/C14H26ClN5O/c1-4-14(3,19-6-8-21-9-7-19)13(18-16)12-11(15)10-17-20(12)5-2/h10,13,18H,4-9,16H2,1-3H3. The van der Waals surface area contributed by atoms with Crippen LogP contribution in [0.15, 0.2) is 6.20 Å². The normalized spacial score (nSPS) is 21.2. The lowest BCUT2D eigenvalue weighted by Gasteiger charge is -2.47. The summed E-state index contributed by atoms with van der Waals surface area (Å²) in [7, 11) is 0. The number of hydrogen-bond acceptors (Lipinski definition) is 5. The van der Waals surface area contributed by atoms with Crippen molar-refractivity contribution >= 4 is 11.6 Å². The quantitative estimate of drug-likeness (QED) is 0.616. The van der Waals surface area contributed by atoms with Gasteiger partial charge >= 0.3 is 0 Å². The highest BCUT2D eigenvalue weighted by Crippen LogP contribution is 2.37. The van der Waals surface area contributed by atoms with Crippen LogP contribution in [-0.2, 0) is 11.3 Å². The number of halogens is 1. The third kappa shape index (κ3) is 3.10. The molecule has 2 unspecified atom stereocenters. The number of nitrogens with zero attached hydrogens (tertiary/aromatic N) is 3. The van der Waals surface area contributed by atoms with E-state index in [1.165, 1.54) is 0 Å². The lowest BCUT2D eigenvalue weighted by atomic mass is 9.85. The number of aromatic nitrogens is 2. The van der Waals surface area contributed by atoms with Gasteiger partial charge in [0.05, 0.1) is 36.2 Å². The van der Waals surface area contributed by atoms with E-state index in [9.17, 15) is 0 Å². The maximum atomic E-state index is 6.38. The fourth-order valence-corrected chi connectivity index (χ4v) is 3.40. The third-order valence-electron chi connectivity index (χ3n) is 4.64. The Bertz CT molecular complexity index is 460. The van der Waals surface area contributed by atoms with Gasteiger partial charge in [0.25, 0.3) is 0 Å². The van der Waals surface area contributed by atoms with Crippen LogP contribution in [0.4, 0.5) is 0 Å². The van der Waals surface area contributed by atoms with Crippen LogP contribution in [0.5, 0.6) is 0 Å². The molecule has 0 aliphatic carbocycles. The minimum Gasteiger partial charge on any atom is -0.379 e. The molecule has 21 heavy (non-hydrogen) atoms. The molecule has 0 spiro atoms. The molecule has 0 radical (unpaired) electrons. The van der Waals surface area contributed by atoms with Crippen molar-refractivity contribution in [1.82, 2.24) is 20.1 Å². The maximum Gasteiger partial charge on any atom is 0.0835 e. The predicted molar refractivity (Wildman–Crippen MR) is 84.1 cm³/mol. The summed E-state index contributed by atoms with van der Waals surface area (Å²) < 4.78 is 7.39. The number of morpholine rings is 1. The minimum atomic E-state index is -0.144. The van der Waals surface area contributed by atoms with Crippen LogP contribution in [0.25, 0.3) is 0 Å². The van der Waals surface area contributed by atoms with E-state index in [1.54, 1.807) is 6.20 Å². The molecule has 0 aromatic carbocycles. The van der Waals surface area contributed by atoms with Crippen molar-refractivity contribution in [3.05, 3.63) is 16.9 Å². The second kappa shape index (κ2) is 7.07. The van der Waals surface area contributed by atoms with Crippen molar-refractivity contribution in [3.63, 3.8) is 0 Å². The average molecular weight is 316 g/mol. The molecule has 3 N–H and O–H groups in total. The van der Waals surface area contributed by atoms with Crippen molar-refractivity contribution in [2.45, 2.75) is 45.3 Å². The first-order chi connectivity index (χ1) is 10.1. The molecule has 1 aliphatic rings. The molecule has 7 heteroatoms. The molecule has 1 fully saturated rings. The molecule has 1 saturated heterocycles. The molecule has 2 atom stereocenters. The Morgan fingerprint density at radius 1 is 1.48 bits per heavy atom. The third-order valence-corrected chi connectivity index (χ3v) is 4.94. The zero-order valence-corrected chi connectivity index (χ0v) is 13.9. The molecule has 2 rings (SSSR count). The van der Waals surface area contributed by atoms with Gasteiger partial charge in [0.1, 0.15) is 0 Å². The second-order valence-corrected chi connectivity index (χ2v) is 6.01. The van der Waals surface area contributed by atoms with E-state index in [1.807, 2.05) is 4.68 Å². The first kappa shape index (κ1) is 16.7. The number of ether oxygens (including phenoxy) is 1. The monoisotopic (exact) mass is 315 g/mol. The number of aryl methyl sites for hydroxylation is 1. The van der Waals surface area contributed by atoms with Gasteiger partial charge in [0.2, 0.25) is 0 Å². The zero-order valence-electron chi connectivity index (χ0n) is 13.1. The molecular formula is C14H26ClN5O. The lowest BCUT2D eigenvalue weighted by Crippen LogP contribution is -2.59. The number of nitrogens with two attached hydrogens (primary N) is 1. The van der Waals surface area contributed by atoms with E-state index < -0.39 is 0 Å². The molecule has 0 amide bonds. The van der Waals surface area contributed by atoms with Gasteiger partial charge in [0, 0.05) is 25.2 Å². The second-order valence-electron chi connectivity index (χ2n) is 5.60. The average Bonchev–Trinajstić information content (AvgIpc) is 2.89. The fraction of sp³-hybridized carbons (Fsp3) is 0.786. The molecule has 1 aliphatic heterocycles. The summed E-state index contributed by atoms with van der Waals surface area (Å²) in [4.78, 5) is 2.43. The van der Waals surface area contributed by atoms with Crippen molar-refractivity contribution in [1.29, 1.82) is 0 Å².